The quantitative estimate of drug-likeness (QED) is 0.528. The number of amides is 2. The molecule has 6 nitrogen and oxygen atoms in total. The smallest absolute Gasteiger partial charge is 0.242 e. The number of imidazole rings is 1. The molecule has 1 fully saturated rings. The Kier molecular flexibility index (Phi) is 7.08. The predicted molar refractivity (Wildman–Crippen MR) is 135 cm³/mol. The number of rotatable bonds is 6. The normalized spacial score (nSPS) is 18.5. The van der Waals surface area contributed by atoms with E-state index in [9.17, 15) is 9.59 Å². The average Bonchev–Trinajstić information content (AvgIpc) is 3.11. The van der Waals surface area contributed by atoms with E-state index in [1.807, 2.05) is 65.8 Å². The van der Waals surface area contributed by atoms with Gasteiger partial charge in [-0.15, -0.1) is 0 Å². The zero-order valence-electron chi connectivity index (χ0n) is 19.8. The molecule has 3 aromatic rings. The van der Waals surface area contributed by atoms with Gasteiger partial charge in [0.15, 0.2) is 5.16 Å². The monoisotopic (exact) mass is 464 g/mol. The van der Waals surface area contributed by atoms with Gasteiger partial charge in [-0.2, -0.15) is 0 Å². The van der Waals surface area contributed by atoms with Crippen LogP contribution in [0.1, 0.15) is 31.4 Å². The van der Waals surface area contributed by atoms with Crippen LogP contribution in [0.2, 0.25) is 0 Å². The molecule has 1 aromatic heterocycles. The second kappa shape index (κ2) is 10.00. The molecule has 1 N–H and O–H groups in total. The number of benzene rings is 2. The molecular weight excluding hydrogens is 432 g/mol. The fourth-order valence-corrected chi connectivity index (χ4v) is 5.55. The highest BCUT2D eigenvalue weighted by Gasteiger charge is 2.26. The Morgan fingerprint density at radius 3 is 2.39 bits per heavy atom. The van der Waals surface area contributed by atoms with Gasteiger partial charge >= 0.3 is 0 Å². The summed E-state index contributed by atoms with van der Waals surface area (Å²) in [5, 5.41) is 3.73. The van der Waals surface area contributed by atoms with Crippen LogP contribution in [0.4, 0.5) is 5.69 Å². The van der Waals surface area contributed by atoms with Crippen molar-refractivity contribution in [2.24, 2.45) is 11.8 Å². The maximum atomic E-state index is 13.2. The van der Waals surface area contributed by atoms with Crippen molar-refractivity contribution in [3.8, 4) is 0 Å². The number of carbonyl (C=O) groups is 2. The molecule has 2 unspecified atom stereocenters. The van der Waals surface area contributed by atoms with Crippen LogP contribution in [0, 0.1) is 25.7 Å². The van der Waals surface area contributed by atoms with Crippen LogP contribution in [0.25, 0.3) is 11.0 Å². The molecular formula is C26H32N4O2S. The number of hydrogen-bond acceptors (Lipinski definition) is 4. The van der Waals surface area contributed by atoms with Gasteiger partial charge in [0.05, 0.1) is 16.8 Å². The van der Waals surface area contributed by atoms with Crippen LogP contribution >= 0.6 is 11.8 Å². The summed E-state index contributed by atoms with van der Waals surface area (Å²) >= 11 is 1.37. The SMILES string of the molecule is Cc1cccc(C)c1NC(=O)CSc1nc2ccccc2n1CC(=O)N1CC(C)CC(C)C1. The summed E-state index contributed by atoms with van der Waals surface area (Å²) in [5.41, 5.74) is 4.69. The predicted octanol–water partition coefficient (Wildman–Crippen LogP) is 4.89. The average molecular weight is 465 g/mol. The van der Waals surface area contributed by atoms with E-state index in [1.54, 1.807) is 0 Å². The Hall–Kier alpha value is -2.80. The van der Waals surface area contributed by atoms with Crippen molar-refractivity contribution in [3.63, 3.8) is 0 Å². The van der Waals surface area contributed by atoms with E-state index in [0.717, 1.165) is 47.4 Å². The van der Waals surface area contributed by atoms with E-state index in [1.165, 1.54) is 11.8 Å². The molecule has 4 rings (SSSR count). The topological polar surface area (TPSA) is 67.2 Å². The molecule has 2 heterocycles. The van der Waals surface area contributed by atoms with Gasteiger partial charge in [0.25, 0.3) is 0 Å². The van der Waals surface area contributed by atoms with Gasteiger partial charge in [-0.05, 0) is 55.4 Å². The number of fused-ring (bicyclic) bond motifs is 1. The number of anilines is 1. The molecule has 2 amide bonds. The second-order valence-electron chi connectivity index (χ2n) is 9.32. The van der Waals surface area contributed by atoms with E-state index >= 15 is 0 Å². The first kappa shape index (κ1) is 23.4. The first-order valence-corrected chi connectivity index (χ1v) is 12.5. The highest BCUT2D eigenvalue weighted by molar-refractivity contribution is 7.99. The lowest BCUT2D eigenvalue weighted by Gasteiger charge is -2.35. The lowest BCUT2D eigenvalue weighted by Crippen LogP contribution is -2.44. The molecule has 0 radical (unpaired) electrons. The van der Waals surface area contributed by atoms with Crippen LogP contribution < -0.4 is 5.32 Å². The Bertz CT molecular complexity index is 1140. The number of thioether (sulfide) groups is 1. The maximum absolute atomic E-state index is 13.2. The third-order valence-corrected chi connectivity index (χ3v) is 7.19. The zero-order valence-corrected chi connectivity index (χ0v) is 20.6. The lowest BCUT2D eigenvalue weighted by atomic mass is 9.92. The summed E-state index contributed by atoms with van der Waals surface area (Å²) in [6, 6.07) is 13.8. The van der Waals surface area contributed by atoms with Gasteiger partial charge < -0.3 is 14.8 Å². The molecule has 174 valence electrons. The summed E-state index contributed by atoms with van der Waals surface area (Å²) in [5.74, 6) is 1.28. The Morgan fingerprint density at radius 2 is 1.70 bits per heavy atom. The first-order valence-electron chi connectivity index (χ1n) is 11.5. The number of nitrogens with one attached hydrogen (secondary N) is 1. The van der Waals surface area contributed by atoms with Crippen LogP contribution in [0.5, 0.6) is 0 Å². The zero-order chi connectivity index (χ0) is 23.5. The molecule has 33 heavy (non-hydrogen) atoms. The van der Waals surface area contributed by atoms with Crippen LogP contribution in [0.15, 0.2) is 47.6 Å². The number of hydrogen-bond donors (Lipinski definition) is 1. The molecule has 2 aromatic carbocycles. The van der Waals surface area contributed by atoms with Crippen molar-refractivity contribution in [1.29, 1.82) is 0 Å². The molecule has 1 aliphatic rings. The molecule has 1 aliphatic heterocycles. The highest BCUT2D eigenvalue weighted by atomic mass is 32.2. The van der Waals surface area contributed by atoms with Gasteiger partial charge in [-0.3, -0.25) is 9.59 Å². The molecule has 2 atom stereocenters. The number of carbonyl (C=O) groups excluding carboxylic acids is 2. The Labute approximate surface area is 199 Å². The Balaban J connectivity index is 1.50. The fraction of sp³-hybridized carbons (Fsp3) is 0.423. The van der Waals surface area contributed by atoms with E-state index < -0.39 is 0 Å². The summed E-state index contributed by atoms with van der Waals surface area (Å²) in [7, 11) is 0. The van der Waals surface area contributed by atoms with Crippen LogP contribution in [-0.4, -0.2) is 45.1 Å². The number of para-hydroxylation sites is 3. The summed E-state index contributed by atoms with van der Waals surface area (Å²) in [4.78, 5) is 32.6. The van der Waals surface area contributed by atoms with Crippen molar-refractivity contribution < 1.29 is 9.59 Å². The van der Waals surface area contributed by atoms with E-state index in [2.05, 4.69) is 19.2 Å². The van der Waals surface area contributed by atoms with E-state index in [4.69, 9.17) is 4.98 Å². The first-order chi connectivity index (χ1) is 15.8. The van der Waals surface area contributed by atoms with Crippen LogP contribution in [-0.2, 0) is 16.1 Å². The lowest BCUT2D eigenvalue weighted by molar-refractivity contribution is -0.134. The largest absolute Gasteiger partial charge is 0.341 e. The van der Waals surface area contributed by atoms with Gasteiger partial charge in [0, 0.05) is 18.8 Å². The molecule has 0 spiro atoms. The van der Waals surface area contributed by atoms with Gasteiger partial charge in [-0.25, -0.2) is 4.98 Å². The Morgan fingerprint density at radius 1 is 1.03 bits per heavy atom. The number of nitrogens with zero attached hydrogens (tertiary/aromatic N) is 3. The summed E-state index contributed by atoms with van der Waals surface area (Å²) in [6.45, 7) is 10.2. The van der Waals surface area contributed by atoms with Gasteiger partial charge in [-0.1, -0.05) is 55.9 Å². The molecule has 7 heteroatoms. The van der Waals surface area contributed by atoms with Crippen molar-refractivity contribution in [2.75, 3.05) is 24.2 Å². The third kappa shape index (κ3) is 5.41. The molecule has 1 saturated heterocycles. The molecule has 0 bridgehead atoms. The minimum Gasteiger partial charge on any atom is -0.341 e. The van der Waals surface area contributed by atoms with Gasteiger partial charge in [0.1, 0.15) is 6.54 Å². The summed E-state index contributed by atoms with van der Waals surface area (Å²) in [6.07, 6.45) is 1.16. The van der Waals surface area contributed by atoms with Gasteiger partial charge in [0.2, 0.25) is 11.8 Å². The second-order valence-corrected chi connectivity index (χ2v) is 10.3. The van der Waals surface area contributed by atoms with Crippen molar-refractivity contribution in [3.05, 3.63) is 53.6 Å². The van der Waals surface area contributed by atoms with Crippen molar-refractivity contribution >= 4 is 40.3 Å². The number of likely N-dealkylation sites (tertiary alicyclic amines) is 1. The molecule has 0 aliphatic carbocycles. The number of aromatic nitrogens is 2. The molecule has 0 saturated carbocycles. The van der Waals surface area contributed by atoms with Crippen molar-refractivity contribution in [2.45, 2.75) is 45.8 Å². The standard InChI is InChI=1S/C26H32N4O2S/c1-17-12-18(2)14-29(13-17)24(32)15-30-22-11-6-5-10-21(22)27-26(30)33-16-23(31)28-25-19(3)8-7-9-20(25)4/h5-11,17-18H,12-16H2,1-4H3,(H,28,31). The van der Waals surface area contributed by atoms with Crippen LogP contribution in [0.3, 0.4) is 0 Å². The number of piperidine rings is 1. The minimum atomic E-state index is -0.0824. The minimum absolute atomic E-state index is 0.0824. The fourth-order valence-electron chi connectivity index (χ4n) is 4.74. The highest BCUT2D eigenvalue weighted by Crippen LogP contribution is 2.27. The van der Waals surface area contributed by atoms with E-state index in [-0.39, 0.29) is 24.1 Å². The third-order valence-electron chi connectivity index (χ3n) is 6.21. The maximum Gasteiger partial charge on any atom is 0.242 e. The van der Waals surface area contributed by atoms with E-state index in [0.29, 0.717) is 17.0 Å². The summed E-state index contributed by atoms with van der Waals surface area (Å²) < 4.78 is 1.96. The number of aryl methyl sites for hydroxylation is 2. The van der Waals surface area contributed by atoms with Crippen molar-refractivity contribution in [1.82, 2.24) is 14.5 Å².